The van der Waals surface area contributed by atoms with Gasteiger partial charge in [0.1, 0.15) is 5.54 Å². The third-order valence-corrected chi connectivity index (χ3v) is 9.35. The number of β-amino-alcohol motifs (C(OH)–C–C–N with tert-alkyl or cyclic N) is 1. The second-order valence-electron chi connectivity index (χ2n) is 13.2. The number of Topliss-reactive ketones (excluding diaryl/α,β-unsaturated/α-hetero) is 2. The molecule has 0 aromatic heterocycles. The lowest BCUT2D eigenvalue weighted by atomic mass is 9.85. The molecule has 0 aliphatic carbocycles. The van der Waals surface area contributed by atoms with Gasteiger partial charge in [0, 0.05) is 19.4 Å². The molecule has 0 aromatic carbocycles. The average Bonchev–Trinajstić information content (AvgIpc) is 3.03. The highest BCUT2D eigenvalue weighted by Gasteiger charge is 2.38. The maximum absolute atomic E-state index is 13.1. The molecule has 0 rings (SSSR count). The van der Waals surface area contributed by atoms with Gasteiger partial charge in [-0.2, -0.15) is 8.42 Å². The molecule has 0 fully saturated rings. The normalized spacial score (nSPS) is 11.8. The monoisotopic (exact) mass is 678 g/mol. The molecule has 0 heterocycles. The zero-order chi connectivity index (χ0) is 34.8. The SMILES string of the molecule is CCCCCCCCCCCCCCCC(=O)C(C)(NCCO)C(=O)CCCCCCCCCCCCCCC.COS(=O)(=O)O. The van der Waals surface area contributed by atoms with Crippen LogP contribution in [0.5, 0.6) is 0 Å². The molecule has 0 aromatic rings. The minimum absolute atomic E-state index is 0.00344. The first-order valence-corrected chi connectivity index (χ1v) is 20.4. The summed E-state index contributed by atoms with van der Waals surface area (Å²) in [5.74, 6) is 0.00688. The second-order valence-corrected chi connectivity index (χ2v) is 14.4. The van der Waals surface area contributed by atoms with Crippen LogP contribution in [0.3, 0.4) is 0 Å². The largest absolute Gasteiger partial charge is 0.397 e. The number of nitrogens with one attached hydrogen (secondary N) is 1. The Labute approximate surface area is 285 Å². The summed E-state index contributed by atoms with van der Waals surface area (Å²) in [5, 5.41) is 12.4. The summed E-state index contributed by atoms with van der Waals surface area (Å²) in [6.45, 7) is 6.50. The summed E-state index contributed by atoms with van der Waals surface area (Å²) in [7, 11) is -3.29. The Kier molecular flexibility index (Phi) is 34.9. The van der Waals surface area contributed by atoms with Crippen LogP contribution >= 0.6 is 0 Å². The van der Waals surface area contributed by atoms with E-state index in [9.17, 15) is 23.1 Å². The highest BCUT2D eigenvalue weighted by Crippen LogP contribution is 2.19. The van der Waals surface area contributed by atoms with Crippen molar-refractivity contribution in [1.29, 1.82) is 0 Å². The fraction of sp³-hybridized carbons (Fsp3) is 0.946. The fourth-order valence-electron chi connectivity index (χ4n) is 5.77. The molecule has 276 valence electrons. The third kappa shape index (κ3) is 31.7. The molecule has 3 N–H and O–H groups in total. The summed E-state index contributed by atoms with van der Waals surface area (Å²) in [5.41, 5.74) is -1.14. The van der Waals surface area contributed by atoms with Crippen molar-refractivity contribution in [3.8, 4) is 0 Å². The summed E-state index contributed by atoms with van der Waals surface area (Å²) in [6.07, 6.45) is 34.2. The molecule has 8 nitrogen and oxygen atoms in total. The van der Waals surface area contributed by atoms with Crippen molar-refractivity contribution >= 4 is 22.0 Å². The van der Waals surface area contributed by atoms with E-state index >= 15 is 0 Å². The number of hydrogen-bond acceptors (Lipinski definition) is 7. The topological polar surface area (TPSA) is 130 Å². The van der Waals surface area contributed by atoms with Crippen LogP contribution in [0.1, 0.15) is 201 Å². The molecule has 0 unspecified atom stereocenters. The van der Waals surface area contributed by atoms with E-state index in [4.69, 9.17) is 4.55 Å². The second kappa shape index (κ2) is 34.0. The Morgan fingerprint density at radius 1 is 0.565 bits per heavy atom. The van der Waals surface area contributed by atoms with Crippen molar-refractivity contribution in [2.24, 2.45) is 0 Å². The standard InChI is InChI=1S/C36H71NO3.CH4O4S/c1-4-6-8-10-12-14-16-18-20-22-24-26-28-30-34(39)36(3,37-32-33-38)35(40)31-29-27-25-23-21-19-17-15-13-11-9-7-5-2;1-5-6(2,3)4/h37-38H,4-33H2,1-3H3;1H3,(H,2,3,4). The highest BCUT2D eigenvalue weighted by atomic mass is 32.3. The smallest absolute Gasteiger partial charge is 0.395 e. The Morgan fingerprint density at radius 3 is 1.02 bits per heavy atom. The van der Waals surface area contributed by atoms with Crippen molar-refractivity contribution in [3.05, 3.63) is 0 Å². The van der Waals surface area contributed by atoms with Gasteiger partial charge < -0.3 is 5.11 Å². The first kappa shape index (κ1) is 47.2. The van der Waals surface area contributed by atoms with Gasteiger partial charge in [0.05, 0.1) is 13.7 Å². The van der Waals surface area contributed by atoms with E-state index in [1.54, 1.807) is 6.92 Å². The quantitative estimate of drug-likeness (QED) is 0.0349. The molecule has 9 heteroatoms. The number of unbranched alkanes of at least 4 members (excludes halogenated alkanes) is 24. The van der Waals surface area contributed by atoms with Crippen molar-refractivity contribution in [3.63, 3.8) is 0 Å². The Balaban J connectivity index is 0. The zero-order valence-electron chi connectivity index (χ0n) is 30.6. The number of carbonyl (C=O) groups excluding carboxylic acids is 2. The lowest BCUT2D eigenvalue weighted by Gasteiger charge is -2.28. The molecule has 0 aliphatic heterocycles. The maximum Gasteiger partial charge on any atom is 0.397 e. The van der Waals surface area contributed by atoms with Crippen molar-refractivity contribution in [2.75, 3.05) is 20.3 Å². The number of carbonyl (C=O) groups is 2. The lowest BCUT2D eigenvalue weighted by Crippen LogP contribution is -2.56. The van der Waals surface area contributed by atoms with Crippen molar-refractivity contribution in [2.45, 2.75) is 206 Å². The van der Waals surface area contributed by atoms with E-state index in [0.29, 0.717) is 12.8 Å². The number of rotatable bonds is 34. The molecule has 46 heavy (non-hydrogen) atoms. The van der Waals surface area contributed by atoms with Gasteiger partial charge in [-0.05, 0) is 19.8 Å². The van der Waals surface area contributed by atoms with Crippen LogP contribution in [-0.2, 0) is 24.2 Å². The molecular weight excluding hydrogens is 602 g/mol. The number of aliphatic hydroxyl groups is 1. The van der Waals surface area contributed by atoms with Gasteiger partial charge in [-0.1, -0.05) is 168 Å². The molecule has 0 amide bonds. The van der Waals surface area contributed by atoms with Crippen LogP contribution in [0.2, 0.25) is 0 Å². The number of aliphatic hydroxyl groups excluding tert-OH is 1. The molecule has 0 radical (unpaired) electrons. The summed E-state index contributed by atoms with van der Waals surface area (Å²) < 4.78 is 29.7. The molecule has 0 bridgehead atoms. The molecule has 0 saturated carbocycles. The van der Waals surface area contributed by atoms with E-state index in [0.717, 1.165) is 32.8 Å². The fourth-order valence-corrected chi connectivity index (χ4v) is 5.77. The Morgan fingerprint density at radius 2 is 0.804 bits per heavy atom. The predicted octanol–water partition coefficient (Wildman–Crippen LogP) is 9.86. The molecule has 0 saturated heterocycles. The minimum atomic E-state index is -4.16. The van der Waals surface area contributed by atoms with E-state index < -0.39 is 15.9 Å². The van der Waals surface area contributed by atoms with Crippen LogP contribution in [0, 0.1) is 0 Å². The number of ketones is 2. The van der Waals surface area contributed by atoms with Crippen LogP contribution in [-0.4, -0.2) is 55.4 Å². The molecule has 0 atom stereocenters. The van der Waals surface area contributed by atoms with Gasteiger partial charge in [-0.25, -0.2) is 0 Å². The minimum Gasteiger partial charge on any atom is -0.395 e. The van der Waals surface area contributed by atoms with Gasteiger partial charge in [-0.3, -0.25) is 23.6 Å². The van der Waals surface area contributed by atoms with Gasteiger partial charge >= 0.3 is 10.4 Å². The van der Waals surface area contributed by atoms with E-state index in [-0.39, 0.29) is 24.7 Å². The first-order chi connectivity index (χ1) is 22.1. The summed E-state index contributed by atoms with van der Waals surface area (Å²) in [4.78, 5) is 26.2. The van der Waals surface area contributed by atoms with E-state index in [1.807, 2.05) is 0 Å². The van der Waals surface area contributed by atoms with Crippen molar-refractivity contribution in [1.82, 2.24) is 5.32 Å². The van der Waals surface area contributed by atoms with Crippen LogP contribution < -0.4 is 5.32 Å². The van der Waals surface area contributed by atoms with Crippen molar-refractivity contribution < 1.29 is 31.8 Å². The Hall–Kier alpha value is -0.870. The molecule has 0 spiro atoms. The summed E-state index contributed by atoms with van der Waals surface area (Å²) >= 11 is 0. The molecular formula is C37H75NO7S. The van der Waals surface area contributed by atoms with Gasteiger partial charge in [0.25, 0.3) is 0 Å². The number of hydrogen-bond donors (Lipinski definition) is 3. The first-order valence-electron chi connectivity index (χ1n) is 19.0. The van der Waals surface area contributed by atoms with Gasteiger partial charge in [0.15, 0.2) is 11.6 Å². The van der Waals surface area contributed by atoms with Gasteiger partial charge in [-0.15, -0.1) is 0 Å². The van der Waals surface area contributed by atoms with Crippen LogP contribution in [0.4, 0.5) is 0 Å². The molecule has 0 aliphatic rings. The highest BCUT2D eigenvalue weighted by molar-refractivity contribution is 7.80. The van der Waals surface area contributed by atoms with E-state index in [2.05, 4.69) is 23.3 Å². The average molecular weight is 678 g/mol. The lowest BCUT2D eigenvalue weighted by molar-refractivity contribution is -0.135. The van der Waals surface area contributed by atoms with E-state index in [1.165, 1.54) is 141 Å². The summed E-state index contributed by atoms with van der Waals surface area (Å²) in [6, 6.07) is 0. The predicted molar refractivity (Wildman–Crippen MR) is 193 cm³/mol. The maximum atomic E-state index is 13.1. The van der Waals surface area contributed by atoms with Gasteiger partial charge in [0.2, 0.25) is 0 Å². The van der Waals surface area contributed by atoms with Crippen LogP contribution in [0.25, 0.3) is 0 Å². The zero-order valence-corrected chi connectivity index (χ0v) is 31.4. The van der Waals surface area contributed by atoms with Crippen LogP contribution in [0.15, 0.2) is 0 Å². The third-order valence-electron chi connectivity index (χ3n) is 8.93. The Bertz CT molecular complexity index is 747.